The highest BCUT2D eigenvalue weighted by Gasteiger charge is 2.18. The van der Waals surface area contributed by atoms with Crippen molar-refractivity contribution in [3.8, 4) is 11.5 Å². The summed E-state index contributed by atoms with van der Waals surface area (Å²) in [6, 6.07) is 15.8. The van der Waals surface area contributed by atoms with Gasteiger partial charge in [0, 0.05) is 11.3 Å². The van der Waals surface area contributed by atoms with E-state index >= 15 is 0 Å². The van der Waals surface area contributed by atoms with Crippen molar-refractivity contribution in [2.75, 3.05) is 11.1 Å². The van der Waals surface area contributed by atoms with E-state index in [1.807, 2.05) is 63.2 Å². The number of aryl methyl sites for hydroxylation is 2. The number of hydrogen-bond donors (Lipinski definition) is 2. The second kappa shape index (κ2) is 8.50. The Morgan fingerprint density at radius 1 is 0.967 bits per heavy atom. The molecule has 2 aromatic carbocycles. The van der Waals surface area contributed by atoms with E-state index < -0.39 is 0 Å². The Balaban J connectivity index is 1.51. The van der Waals surface area contributed by atoms with Gasteiger partial charge in [0.1, 0.15) is 5.82 Å². The van der Waals surface area contributed by atoms with Gasteiger partial charge in [-0.3, -0.25) is 0 Å². The largest absolute Gasteiger partial charge is 0.411 e. The number of para-hydroxylation sites is 1. The molecule has 4 rings (SSSR count). The minimum absolute atomic E-state index is 0.146. The van der Waals surface area contributed by atoms with Crippen LogP contribution in [-0.4, -0.2) is 25.1 Å². The smallest absolute Gasteiger partial charge is 0.277 e. The number of rotatable bonds is 6. The quantitative estimate of drug-likeness (QED) is 0.428. The molecule has 0 aliphatic carbocycles. The lowest BCUT2D eigenvalue weighted by Crippen LogP contribution is -2.08. The molecule has 0 fully saturated rings. The first kappa shape index (κ1) is 19.8. The zero-order valence-electron chi connectivity index (χ0n) is 16.8. The fourth-order valence-corrected chi connectivity index (χ4v) is 3.70. The highest BCUT2D eigenvalue weighted by molar-refractivity contribution is 7.99. The molecule has 0 aliphatic rings. The van der Waals surface area contributed by atoms with Gasteiger partial charge in [-0.05, 0) is 45.0 Å². The summed E-state index contributed by atoms with van der Waals surface area (Å²) in [6.45, 7) is 6.03. The fraction of sp³-hybridized carbons (Fsp3) is 0.190. The lowest BCUT2D eigenvalue weighted by Gasteiger charge is -2.10. The SMILES string of the molecule is Cc1cc(C)cc(-c2nnc(SC(C)c3nc(N)nc(Nc4ccccc4)n3)o2)c1. The molecule has 8 nitrogen and oxygen atoms in total. The van der Waals surface area contributed by atoms with E-state index in [1.54, 1.807) is 0 Å². The van der Waals surface area contributed by atoms with E-state index in [0.717, 1.165) is 22.4 Å². The average molecular weight is 420 g/mol. The molecule has 2 aromatic heterocycles. The lowest BCUT2D eigenvalue weighted by atomic mass is 10.1. The second-order valence-electron chi connectivity index (χ2n) is 6.88. The third-order valence-corrected chi connectivity index (χ3v) is 5.15. The first-order chi connectivity index (χ1) is 14.5. The monoisotopic (exact) mass is 419 g/mol. The van der Waals surface area contributed by atoms with Gasteiger partial charge in [-0.1, -0.05) is 47.2 Å². The van der Waals surface area contributed by atoms with Crippen molar-refractivity contribution in [1.29, 1.82) is 0 Å². The van der Waals surface area contributed by atoms with Crippen molar-refractivity contribution in [1.82, 2.24) is 25.1 Å². The van der Waals surface area contributed by atoms with Crippen LogP contribution in [0.4, 0.5) is 17.6 Å². The summed E-state index contributed by atoms with van der Waals surface area (Å²) in [4.78, 5) is 12.9. The van der Waals surface area contributed by atoms with Crippen LogP contribution in [0.3, 0.4) is 0 Å². The van der Waals surface area contributed by atoms with E-state index in [9.17, 15) is 0 Å². The Morgan fingerprint density at radius 3 is 2.43 bits per heavy atom. The van der Waals surface area contributed by atoms with Gasteiger partial charge >= 0.3 is 0 Å². The normalized spacial score (nSPS) is 12.0. The molecule has 2 heterocycles. The standard InChI is InChI=1S/C21H21N7OS/c1-12-9-13(2)11-15(10-12)18-27-28-21(29-18)30-14(3)17-24-19(22)26-20(25-17)23-16-7-5-4-6-8-16/h4-11,14H,1-3H3,(H3,22,23,24,25,26). The number of nitrogens with one attached hydrogen (secondary N) is 1. The predicted molar refractivity (Wildman–Crippen MR) is 117 cm³/mol. The molecule has 1 atom stereocenters. The Bertz CT molecular complexity index is 1140. The molecule has 0 amide bonds. The molecule has 9 heteroatoms. The fourth-order valence-electron chi connectivity index (χ4n) is 2.97. The van der Waals surface area contributed by atoms with Crippen LogP contribution in [0.2, 0.25) is 0 Å². The summed E-state index contributed by atoms with van der Waals surface area (Å²) in [5.41, 5.74) is 9.94. The Hall–Kier alpha value is -3.46. The van der Waals surface area contributed by atoms with E-state index in [4.69, 9.17) is 10.2 Å². The van der Waals surface area contributed by atoms with Crippen molar-refractivity contribution in [3.63, 3.8) is 0 Å². The number of nitrogens with zero attached hydrogens (tertiary/aromatic N) is 5. The van der Waals surface area contributed by atoms with Crippen LogP contribution >= 0.6 is 11.8 Å². The molecule has 0 aliphatic heterocycles. The van der Waals surface area contributed by atoms with Gasteiger partial charge in [0.25, 0.3) is 5.22 Å². The van der Waals surface area contributed by atoms with Crippen LogP contribution in [0.15, 0.2) is 58.2 Å². The zero-order valence-corrected chi connectivity index (χ0v) is 17.6. The van der Waals surface area contributed by atoms with E-state index in [0.29, 0.717) is 22.9 Å². The van der Waals surface area contributed by atoms with Crippen LogP contribution < -0.4 is 11.1 Å². The molecule has 30 heavy (non-hydrogen) atoms. The summed E-state index contributed by atoms with van der Waals surface area (Å²) in [6.07, 6.45) is 0. The third kappa shape index (κ3) is 4.74. The maximum Gasteiger partial charge on any atom is 0.277 e. The summed E-state index contributed by atoms with van der Waals surface area (Å²) in [7, 11) is 0. The Labute approximate surface area is 178 Å². The Morgan fingerprint density at radius 2 is 1.70 bits per heavy atom. The van der Waals surface area contributed by atoms with Crippen molar-refractivity contribution < 1.29 is 4.42 Å². The van der Waals surface area contributed by atoms with Crippen molar-refractivity contribution in [2.24, 2.45) is 0 Å². The number of aromatic nitrogens is 5. The molecule has 0 saturated heterocycles. The average Bonchev–Trinajstić information content (AvgIpc) is 3.16. The van der Waals surface area contributed by atoms with Gasteiger partial charge in [0.2, 0.25) is 17.8 Å². The van der Waals surface area contributed by atoms with Gasteiger partial charge in [0.05, 0.1) is 5.25 Å². The molecular formula is C21H21N7OS. The van der Waals surface area contributed by atoms with Crippen LogP contribution in [0.25, 0.3) is 11.5 Å². The van der Waals surface area contributed by atoms with E-state index in [2.05, 4.69) is 36.5 Å². The molecule has 0 radical (unpaired) electrons. The highest BCUT2D eigenvalue weighted by Crippen LogP contribution is 2.34. The number of anilines is 3. The highest BCUT2D eigenvalue weighted by atomic mass is 32.2. The Kier molecular flexibility index (Phi) is 5.62. The first-order valence-electron chi connectivity index (χ1n) is 9.38. The van der Waals surface area contributed by atoms with Gasteiger partial charge in [-0.2, -0.15) is 15.0 Å². The van der Waals surface area contributed by atoms with Crippen LogP contribution in [0.5, 0.6) is 0 Å². The summed E-state index contributed by atoms with van der Waals surface area (Å²) < 4.78 is 5.85. The van der Waals surface area contributed by atoms with E-state index in [1.165, 1.54) is 11.8 Å². The zero-order chi connectivity index (χ0) is 21.1. The van der Waals surface area contributed by atoms with E-state index in [-0.39, 0.29) is 11.2 Å². The van der Waals surface area contributed by atoms with Crippen molar-refractivity contribution >= 4 is 29.3 Å². The molecule has 0 spiro atoms. The van der Waals surface area contributed by atoms with Crippen molar-refractivity contribution in [2.45, 2.75) is 31.2 Å². The number of nitrogen functional groups attached to an aromatic ring is 1. The first-order valence-corrected chi connectivity index (χ1v) is 10.3. The third-order valence-electron chi connectivity index (χ3n) is 4.22. The second-order valence-corrected chi connectivity index (χ2v) is 8.17. The molecule has 1 unspecified atom stereocenters. The maximum absolute atomic E-state index is 5.89. The molecule has 3 N–H and O–H groups in total. The molecule has 0 saturated carbocycles. The van der Waals surface area contributed by atoms with Gasteiger partial charge in [-0.15, -0.1) is 10.2 Å². The minimum Gasteiger partial charge on any atom is -0.411 e. The maximum atomic E-state index is 5.89. The summed E-state index contributed by atoms with van der Waals surface area (Å²) >= 11 is 1.37. The molecular weight excluding hydrogens is 398 g/mol. The van der Waals surface area contributed by atoms with Gasteiger partial charge in [0.15, 0.2) is 0 Å². The predicted octanol–water partition coefficient (Wildman–Crippen LogP) is 4.72. The molecule has 4 aromatic rings. The number of benzene rings is 2. The van der Waals surface area contributed by atoms with Gasteiger partial charge < -0.3 is 15.5 Å². The topological polar surface area (TPSA) is 116 Å². The molecule has 0 bridgehead atoms. The van der Waals surface area contributed by atoms with Crippen LogP contribution in [0.1, 0.15) is 29.1 Å². The number of nitrogens with two attached hydrogens (primary N) is 1. The lowest BCUT2D eigenvalue weighted by molar-refractivity contribution is 0.464. The van der Waals surface area contributed by atoms with Crippen LogP contribution in [-0.2, 0) is 0 Å². The van der Waals surface area contributed by atoms with Gasteiger partial charge in [-0.25, -0.2) is 0 Å². The summed E-state index contributed by atoms with van der Waals surface area (Å²) in [5.74, 6) is 1.54. The molecule has 152 valence electrons. The van der Waals surface area contributed by atoms with Crippen molar-refractivity contribution in [3.05, 3.63) is 65.5 Å². The number of thioether (sulfide) groups is 1. The minimum atomic E-state index is -0.167. The summed E-state index contributed by atoms with van der Waals surface area (Å²) in [5, 5.41) is 11.7. The van der Waals surface area contributed by atoms with Crippen LogP contribution in [0, 0.1) is 13.8 Å². The number of hydrogen-bond acceptors (Lipinski definition) is 9.